The lowest BCUT2D eigenvalue weighted by Gasteiger charge is -2.10. The Kier molecular flexibility index (Phi) is 4.10. The molecule has 0 aliphatic rings. The van der Waals surface area contributed by atoms with Gasteiger partial charge in [-0.25, -0.2) is 14.4 Å². The third-order valence-electron chi connectivity index (χ3n) is 2.81. The number of benzene rings is 1. The maximum absolute atomic E-state index is 13.1. The van der Waals surface area contributed by atoms with Gasteiger partial charge in [0.05, 0.1) is 0 Å². The fourth-order valence-corrected chi connectivity index (χ4v) is 1.80. The second kappa shape index (κ2) is 5.78. The molecule has 0 saturated heterocycles. The molecular formula is C15H18FN3. The topological polar surface area (TPSA) is 37.8 Å². The van der Waals surface area contributed by atoms with Crippen molar-refractivity contribution >= 4 is 5.95 Å². The third kappa shape index (κ3) is 3.74. The van der Waals surface area contributed by atoms with Crippen LogP contribution in [0.15, 0.2) is 30.3 Å². The van der Waals surface area contributed by atoms with E-state index in [-0.39, 0.29) is 5.82 Å². The number of rotatable bonds is 4. The van der Waals surface area contributed by atoms with Gasteiger partial charge in [0.1, 0.15) is 5.82 Å². The summed E-state index contributed by atoms with van der Waals surface area (Å²) in [6.45, 7) is 6.65. The van der Waals surface area contributed by atoms with Gasteiger partial charge in [0.2, 0.25) is 5.95 Å². The predicted octanol–water partition coefficient (Wildman–Crippen LogP) is 3.66. The van der Waals surface area contributed by atoms with Crippen LogP contribution in [0.3, 0.4) is 0 Å². The van der Waals surface area contributed by atoms with E-state index in [1.165, 1.54) is 12.1 Å². The number of nitrogens with one attached hydrogen (secondary N) is 1. The maximum atomic E-state index is 13.1. The van der Waals surface area contributed by atoms with Crippen LogP contribution >= 0.6 is 0 Å². The van der Waals surface area contributed by atoms with Crippen LogP contribution in [0, 0.1) is 12.7 Å². The lowest BCUT2D eigenvalue weighted by molar-refractivity contribution is 0.626. The van der Waals surface area contributed by atoms with Crippen LogP contribution in [0.4, 0.5) is 10.3 Å². The summed E-state index contributed by atoms with van der Waals surface area (Å²) in [5.41, 5.74) is 2.81. The number of halogens is 1. The quantitative estimate of drug-likeness (QED) is 0.910. The molecule has 4 heteroatoms. The van der Waals surface area contributed by atoms with Gasteiger partial charge in [-0.3, -0.25) is 0 Å². The van der Waals surface area contributed by atoms with Crippen molar-refractivity contribution in [2.75, 3.05) is 5.32 Å². The lowest BCUT2D eigenvalue weighted by Crippen LogP contribution is -2.07. The van der Waals surface area contributed by atoms with Crippen molar-refractivity contribution in [2.24, 2.45) is 0 Å². The van der Waals surface area contributed by atoms with Crippen LogP contribution in [-0.4, -0.2) is 9.97 Å². The van der Waals surface area contributed by atoms with Crippen molar-refractivity contribution in [3.63, 3.8) is 0 Å². The molecule has 0 radical (unpaired) electrons. The molecule has 19 heavy (non-hydrogen) atoms. The Morgan fingerprint density at radius 1 is 1.21 bits per heavy atom. The maximum Gasteiger partial charge on any atom is 0.223 e. The summed E-state index contributed by atoms with van der Waals surface area (Å²) in [7, 11) is 0. The summed E-state index contributed by atoms with van der Waals surface area (Å²) < 4.78 is 13.1. The van der Waals surface area contributed by atoms with Gasteiger partial charge in [-0.05, 0) is 36.6 Å². The van der Waals surface area contributed by atoms with Crippen LogP contribution in [0.25, 0.3) is 0 Å². The van der Waals surface area contributed by atoms with E-state index in [0.717, 1.165) is 17.0 Å². The SMILES string of the molecule is Cc1cc(C(C)C)nc(NCc2cccc(F)c2)n1. The summed E-state index contributed by atoms with van der Waals surface area (Å²) in [6.07, 6.45) is 0. The van der Waals surface area contributed by atoms with Crippen molar-refractivity contribution < 1.29 is 4.39 Å². The Morgan fingerprint density at radius 2 is 2.00 bits per heavy atom. The first-order valence-electron chi connectivity index (χ1n) is 6.38. The van der Waals surface area contributed by atoms with Crippen LogP contribution in [0.1, 0.15) is 36.7 Å². The van der Waals surface area contributed by atoms with Crippen molar-refractivity contribution in [3.05, 3.63) is 53.1 Å². The zero-order chi connectivity index (χ0) is 13.8. The minimum Gasteiger partial charge on any atom is -0.350 e. The summed E-state index contributed by atoms with van der Waals surface area (Å²) in [5.74, 6) is 0.719. The second-order valence-electron chi connectivity index (χ2n) is 4.90. The lowest BCUT2D eigenvalue weighted by atomic mass is 10.1. The molecule has 0 aliphatic carbocycles. The molecular weight excluding hydrogens is 241 g/mol. The minimum atomic E-state index is -0.229. The van der Waals surface area contributed by atoms with E-state index >= 15 is 0 Å². The van der Waals surface area contributed by atoms with Gasteiger partial charge < -0.3 is 5.32 Å². The molecule has 1 heterocycles. The summed E-state index contributed by atoms with van der Waals surface area (Å²) >= 11 is 0. The van der Waals surface area contributed by atoms with Gasteiger partial charge in [-0.15, -0.1) is 0 Å². The number of aryl methyl sites for hydroxylation is 1. The van der Waals surface area contributed by atoms with Crippen LogP contribution < -0.4 is 5.32 Å². The third-order valence-corrected chi connectivity index (χ3v) is 2.81. The molecule has 2 rings (SSSR count). The Bertz CT molecular complexity index is 567. The van der Waals surface area contributed by atoms with Crippen molar-refractivity contribution in [1.82, 2.24) is 9.97 Å². The van der Waals surface area contributed by atoms with E-state index in [1.54, 1.807) is 6.07 Å². The van der Waals surface area contributed by atoms with Gasteiger partial charge in [-0.1, -0.05) is 26.0 Å². The molecule has 0 amide bonds. The second-order valence-corrected chi connectivity index (χ2v) is 4.90. The van der Waals surface area contributed by atoms with Crippen LogP contribution in [-0.2, 0) is 6.54 Å². The fraction of sp³-hybridized carbons (Fsp3) is 0.333. The van der Waals surface area contributed by atoms with E-state index in [9.17, 15) is 4.39 Å². The average molecular weight is 259 g/mol. The molecule has 0 aliphatic heterocycles. The number of nitrogens with zero attached hydrogens (tertiary/aromatic N) is 2. The van der Waals surface area contributed by atoms with Crippen molar-refractivity contribution in [2.45, 2.75) is 33.2 Å². The molecule has 0 atom stereocenters. The Morgan fingerprint density at radius 3 is 2.68 bits per heavy atom. The Labute approximate surface area is 112 Å². The normalized spacial score (nSPS) is 10.8. The molecule has 1 N–H and O–H groups in total. The van der Waals surface area contributed by atoms with E-state index in [1.807, 2.05) is 19.1 Å². The van der Waals surface area contributed by atoms with Gasteiger partial charge >= 0.3 is 0 Å². The molecule has 1 aromatic carbocycles. The summed E-state index contributed by atoms with van der Waals surface area (Å²) in [5, 5.41) is 3.14. The van der Waals surface area contributed by atoms with Gasteiger partial charge in [-0.2, -0.15) is 0 Å². The number of aromatic nitrogens is 2. The highest BCUT2D eigenvalue weighted by Crippen LogP contribution is 2.15. The highest BCUT2D eigenvalue weighted by molar-refractivity contribution is 5.31. The highest BCUT2D eigenvalue weighted by atomic mass is 19.1. The van der Waals surface area contributed by atoms with Crippen molar-refractivity contribution in [1.29, 1.82) is 0 Å². The molecule has 100 valence electrons. The molecule has 0 spiro atoms. The van der Waals surface area contributed by atoms with Gasteiger partial charge in [0.25, 0.3) is 0 Å². The van der Waals surface area contributed by atoms with Crippen LogP contribution in [0.2, 0.25) is 0 Å². The Balaban J connectivity index is 2.11. The zero-order valence-electron chi connectivity index (χ0n) is 11.4. The number of anilines is 1. The first-order chi connectivity index (χ1) is 9.04. The summed E-state index contributed by atoms with van der Waals surface area (Å²) in [4.78, 5) is 8.79. The molecule has 0 bridgehead atoms. The van der Waals surface area contributed by atoms with Gasteiger partial charge in [0, 0.05) is 17.9 Å². The smallest absolute Gasteiger partial charge is 0.223 e. The fourth-order valence-electron chi connectivity index (χ4n) is 1.80. The Hall–Kier alpha value is -1.97. The van der Waals surface area contributed by atoms with E-state index in [4.69, 9.17) is 0 Å². The number of hydrogen-bond acceptors (Lipinski definition) is 3. The first-order valence-corrected chi connectivity index (χ1v) is 6.38. The van der Waals surface area contributed by atoms with Crippen molar-refractivity contribution in [3.8, 4) is 0 Å². The molecule has 1 aromatic heterocycles. The molecule has 0 unspecified atom stereocenters. The molecule has 0 fully saturated rings. The van der Waals surface area contributed by atoms with E-state index < -0.39 is 0 Å². The standard InChI is InChI=1S/C15H18FN3/c1-10(2)14-7-11(3)18-15(19-14)17-9-12-5-4-6-13(16)8-12/h4-8,10H,9H2,1-3H3,(H,17,18,19). The average Bonchev–Trinajstić information content (AvgIpc) is 2.36. The zero-order valence-corrected chi connectivity index (χ0v) is 11.4. The number of hydrogen-bond donors (Lipinski definition) is 1. The van der Waals surface area contributed by atoms with E-state index in [0.29, 0.717) is 18.4 Å². The predicted molar refractivity (Wildman–Crippen MR) is 74.6 cm³/mol. The molecule has 2 aromatic rings. The minimum absolute atomic E-state index is 0.229. The van der Waals surface area contributed by atoms with E-state index in [2.05, 4.69) is 29.1 Å². The monoisotopic (exact) mass is 259 g/mol. The first kappa shape index (κ1) is 13.5. The molecule has 3 nitrogen and oxygen atoms in total. The van der Waals surface area contributed by atoms with Crippen LogP contribution in [0.5, 0.6) is 0 Å². The highest BCUT2D eigenvalue weighted by Gasteiger charge is 2.05. The summed E-state index contributed by atoms with van der Waals surface area (Å²) in [6, 6.07) is 8.49. The molecule has 0 saturated carbocycles. The van der Waals surface area contributed by atoms with Gasteiger partial charge in [0.15, 0.2) is 0 Å². The largest absolute Gasteiger partial charge is 0.350 e.